The van der Waals surface area contributed by atoms with Gasteiger partial charge in [-0.05, 0) is 49.2 Å². The lowest BCUT2D eigenvalue weighted by molar-refractivity contribution is -0.120. The Balaban J connectivity index is 1.07. The van der Waals surface area contributed by atoms with Crippen LogP contribution in [0.1, 0.15) is 12.0 Å². The quantitative estimate of drug-likeness (QED) is 0.193. The summed E-state index contributed by atoms with van der Waals surface area (Å²) in [7, 11) is -0.918. The molecule has 0 aliphatic carbocycles. The Kier molecular flexibility index (Phi) is 9.81. The van der Waals surface area contributed by atoms with E-state index < -0.39 is 13.2 Å². The number of benzene rings is 2. The molecule has 2 fully saturated rings. The first kappa shape index (κ1) is 33.2. The molecule has 0 saturated carbocycles. The topological polar surface area (TPSA) is 145 Å². The van der Waals surface area contributed by atoms with Crippen LogP contribution in [0.3, 0.4) is 0 Å². The van der Waals surface area contributed by atoms with E-state index in [2.05, 4.69) is 40.7 Å². The van der Waals surface area contributed by atoms with Crippen LogP contribution in [0.5, 0.6) is 5.75 Å². The number of pyridine rings is 1. The number of ether oxygens (including phenoxy) is 1. The lowest BCUT2D eigenvalue weighted by atomic mass is 10.2. The molecule has 4 heterocycles. The van der Waals surface area contributed by atoms with Crippen LogP contribution in [0.4, 0.5) is 39.4 Å². The second-order valence-electron chi connectivity index (χ2n) is 11.9. The Labute approximate surface area is 284 Å². The summed E-state index contributed by atoms with van der Waals surface area (Å²) < 4.78 is 18.6. The van der Waals surface area contributed by atoms with Crippen molar-refractivity contribution in [3.63, 3.8) is 0 Å². The van der Waals surface area contributed by atoms with Gasteiger partial charge in [-0.1, -0.05) is 29.8 Å². The fourth-order valence-corrected chi connectivity index (χ4v) is 6.96. The number of halogens is 1. The standard InChI is InChI=1S/C33H37ClN9O4P/c1-47-27-18-23(42-16-14-41(15-17-42)21-22-8-11-29(35-19-22)43-13-12-30(44)39-33(43)45)9-10-25(27)38-32-36-20-24(34)31(40-32)37-26-6-4-5-7-28(26)48(2,3)46/h4-11,18-20H,12-17,21H2,1-3H3,(H,39,44,45)(H2,36,37,38,40). The number of carbonyl (C=O) groups is 2. The van der Waals surface area contributed by atoms with Crippen molar-refractivity contribution in [2.24, 2.45) is 0 Å². The number of aromatic nitrogens is 3. The van der Waals surface area contributed by atoms with Gasteiger partial charge in [0.1, 0.15) is 23.7 Å². The fraction of sp³-hybridized carbons (Fsp3) is 0.303. The van der Waals surface area contributed by atoms with E-state index in [1.54, 1.807) is 26.6 Å². The molecule has 2 aromatic carbocycles. The molecule has 2 saturated heterocycles. The number of amides is 3. The Hall–Kier alpha value is -4.71. The molecule has 6 rings (SSSR count). The summed E-state index contributed by atoms with van der Waals surface area (Å²) in [6, 6.07) is 16.8. The summed E-state index contributed by atoms with van der Waals surface area (Å²) >= 11 is 6.44. The maximum absolute atomic E-state index is 12.8. The highest BCUT2D eigenvalue weighted by Crippen LogP contribution is 2.39. The first-order valence-corrected chi connectivity index (χ1v) is 18.5. The molecule has 0 bridgehead atoms. The smallest absolute Gasteiger partial charge is 0.329 e. The van der Waals surface area contributed by atoms with Gasteiger partial charge in [0, 0.05) is 68.9 Å². The summed E-state index contributed by atoms with van der Waals surface area (Å²) in [4.78, 5) is 43.1. The number of para-hydroxylation sites is 1. The molecule has 48 heavy (non-hydrogen) atoms. The van der Waals surface area contributed by atoms with Crippen molar-refractivity contribution >= 4 is 70.6 Å². The van der Waals surface area contributed by atoms with E-state index >= 15 is 0 Å². The molecule has 3 amide bonds. The average Bonchev–Trinajstić information content (AvgIpc) is 3.07. The van der Waals surface area contributed by atoms with Crippen molar-refractivity contribution in [2.75, 3.05) is 73.6 Å². The number of rotatable bonds is 10. The van der Waals surface area contributed by atoms with Gasteiger partial charge in [0.15, 0.2) is 5.82 Å². The van der Waals surface area contributed by atoms with Crippen LogP contribution in [0.15, 0.2) is 67.0 Å². The van der Waals surface area contributed by atoms with Crippen LogP contribution in [0, 0.1) is 0 Å². The van der Waals surface area contributed by atoms with Gasteiger partial charge in [0.05, 0.1) is 24.7 Å². The molecule has 250 valence electrons. The largest absolute Gasteiger partial charge is 0.494 e. The zero-order valence-electron chi connectivity index (χ0n) is 26.9. The first-order chi connectivity index (χ1) is 23.1. The van der Waals surface area contributed by atoms with Gasteiger partial charge < -0.3 is 24.8 Å². The molecule has 0 unspecified atom stereocenters. The van der Waals surface area contributed by atoms with Crippen molar-refractivity contribution in [1.82, 2.24) is 25.2 Å². The van der Waals surface area contributed by atoms with Crippen LogP contribution < -0.4 is 35.8 Å². The minimum absolute atomic E-state index is 0.264. The van der Waals surface area contributed by atoms with Crippen LogP contribution in [0.2, 0.25) is 5.02 Å². The number of imide groups is 1. The van der Waals surface area contributed by atoms with Gasteiger partial charge in [-0.25, -0.2) is 14.8 Å². The molecule has 13 nitrogen and oxygen atoms in total. The van der Waals surface area contributed by atoms with Crippen LogP contribution in [-0.4, -0.2) is 85.0 Å². The van der Waals surface area contributed by atoms with Crippen molar-refractivity contribution in [3.05, 3.63) is 77.6 Å². The Bertz CT molecular complexity index is 1860. The van der Waals surface area contributed by atoms with Gasteiger partial charge in [-0.3, -0.25) is 19.9 Å². The fourth-order valence-electron chi connectivity index (χ4n) is 5.67. The van der Waals surface area contributed by atoms with Crippen LogP contribution in [0.25, 0.3) is 0 Å². The van der Waals surface area contributed by atoms with Gasteiger partial charge in [0.2, 0.25) is 11.9 Å². The summed E-state index contributed by atoms with van der Waals surface area (Å²) in [6.07, 6.45) is 3.57. The summed E-state index contributed by atoms with van der Waals surface area (Å²) in [5, 5.41) is 9.84. The van der Waals surface area contributed by atoms with Crippen molar-refractivity contribution in [2.45, 2.75) is 13.0 Å². The SMILES string of the molecule is COc1cc(N2CCN(Cc3ccc(N4CCC(=O)NC4=O)nc3)CC2)ccc1Nc1ncc(Cl)c(Nc2ccccc2P(C)(C)=O)n1. The monoisotopic (exact) mass is 689 g/mol. The van der Waals surface area contributed by atoms with Crippen LogP contribution >= 0.6 is 18.7 Å². The molecule has 2 aliphatic rings. The number of hydrogen-bond acceptors (Lipinski definition) is 11. The molecule has 15 heteroatoms. The van der Waals surface area contributed by atoms with Gasteiger partial charge in [-0.15, -0.1) is 0 Å². The molecule has 0 atom stereocenters. The summed E-state index contributed by atoms with van der Waals surface area (Å²) in [5.74, 6) is 1.63. The highest BCUT2D eigenvalue weighted by atomic mass is 35.5. The zero-order chi connectivity index (χ0) is 33.8. The van der Waals surface area contributed by atoms with Crippen molar-refractivity contribution in [1.29, 1.82) is 0 Å². The Morgan fingerprint density at radius 3 is 2.44 bits per heavy atom. The van der Waals surface area contributed by atoms with Gasteiger partial charge >= 0.3 is 6.03 Å². The number of nitrogens with zero attached hydrogens (tertiary/aromatic N) is 6. The minimum atomic E-state index is -2.54. The average molecular weight is 690 g/mol. The lowest BCUT2D eigenvalue weighted by Gasteiger charge is -2.36. The molecule has 0 spiro atoms. The zero-order valence-corrected chi connectivity index (χ0v) is 28.6. The van der Waals surface area contributed by atoms with E-state index in [1.807, 2.05) is 54.6 Å². The second-order valence-corrected chi connectivity index (χ2v) is 15.5. The van der Waals surface area contributed by atoms with Crippen LogP contribution in [-0.2, 0) is 15.9 Å². The van der Waals surface area contributed by atoms with E-state index in [0.29, 0.717) is 51.6 Å². The molecular formula is C33H37ClN9O4P. The Morgan fingerprint density at radius 1 is 0.938 bits per heavy atom. The van der Waals surface area contributed by atoms with Crippen molar-refractivity contribution < 1.29 is 18.9 Å². The minimum Gasteiger partial charge on any atom is -0.494 e. The number of methoxy groups -OCH3 is 1. The summed E-state index contributed by atoms with van der Waals surface area (Å²) in [6.45, 7) is 7.92. The van der Waals surface area contributed by atoms with E-state index in [4.69, 9.17) is 16.3 Å². The third kappa shape index (κ3) is 7.70. The molecule has 4 aromatic rings. The molecule has 0 radical (unpaired) electrons. The maximum Gasteiger partial charge on any atom is 0.329 e. The molecule has 2 aromatic heterocycles. The van der Waals surface area contributed by atoms with E-state index in [0.717, 1.165) is 44.0 Å². The molecule has 3 N–H and O–H groups in total. The predicted molar refractivity (Wildman–Crippen MR) is 189 cm³/mol. The number of carbonyl (C=O) groups excluding carboxylic acids is 2. The number of nitrogens with one attached hydrogen (secondary N) is 3. The number of piperazine rings is 1. The van der Waals surface area contributed by atoms with E-state index in [1.165, 1.54) is 11.1 Å². The Morgan fingerprint density at radius 2 is 1.73 bits per heavy atom. The molecule has 2 aliphatic heterocycles. The number of anilines is 6. The third-order valence-electron chi connectivity index (χ3n) is 8.20. The number of urea groups is 1. The summed E-state index contributed by atoms with van der Waals surface area (Å²) in [5.41, 5.74) is 3.48. The predicted octanol–water partition coefficient (Wildman–Crippen LogP) is 5.04. The third-order valence-corrected chi connectivity index (χ3v) is 10.0. The van der Waals surface area contributed by atoms with Gasteiger partial charge in [0.25, 0.3) is 0 Å². The maximum atomic E-state index is 12.8. The lowest BCUT2D eigenvalue weighted by Crippen LogP contribution is -2.49. The normalized spacial score (nSPS) is 15.7. The number of hydrogen-bond donors (Lipinski definition) is 3. The van der Waals surface area contributed by atoms with Crippen molar-refractivity contribution in [3.8, 4) is 5.75 Å². The van der Waals surface area contributed by atoms with Gasteiger partial charge in [-0.2, -0.15) is 4.98 Å². The van der Waals surface area contributed by atoms with E-state index in [-0.39, 0.29) is 12.3 Å². The molecular weight excluding hydrogens is 653 g/mol. The second kappa shape index (κ2) is 14.2. The highest BCUT2D eigenvalue weighted by molar-refractivity contribution is 7.70. The highest BCUT2D eigenvalue weighted by Gasteiger charge is 2.25. The van der Waals surface area contributed by atoms with E-state index in [9.17, 15) is 14.2 Å². The first-order valence-electron chi connectivity index (χ1n) is 15.5.